The third-order valence-corrected chi connectivity index (χ3v) is 3.25. The van der Waals surface area contributed by atoms with E-state index in [9.17, 15) is 0 Å². The molecule has 2 aromatic rings. The number of pyridine rings is 2. The Morgan fingerprint density at radius 1 is 1.30 bits per heavy atom. The quantitative estimate of drug-likeness (QED) is 0.826. The zero-order valence-corrected chi connectivity index (χ0v) is 12.5. The van der Waals surface area contributed by atoms with Crippen LogP contribution in [0.25, 0.3) is 0 Å². The van der Waals surface area contributed by atoms with Gasteiger partial charge in [0, 0.05) is 24.6 Å². The monoisotopic (exact) mass is 286 g/mol. The number of anilines is 1. The van der Waals surface area contributed by atoms with Gasteiger partial charge in [0.25, 0.3) is 0 Å². The molecule has 2 rings (SSSR count). The maximum atomic E-state index is 5.79. The molecule has 0 aliphatic heterocycles. The lowest BCUT2D eigenvalue weighted by atomic mass is 10.1. The highest BCUT2D eigenvalue weighted by atomic mass is 32.1. The Bertz CT molecular complexity index is 611. The standard InChI is InChI=1S/C15H18N4S/c1-10-9-11(2)19-15(13(10)14(16)20)18-8-5-12-3-6-17-7-4-12/h3-4,6-7,9H,5,8H2,1-2H3,(H2,16,20)(H,18,19). The molecular weight excluding hydrogens is 268 g/mol. The molecule has 2 heterocycles. The van der Waals surface area contributed by atoms with Crippen LogP contribution in [0.4, 0.5) is 5.82 Å². The Morgan fingerprint density at radius 3 is 2.65 bits per heavy atom. The van der Waals surface area contributed by atoms with Crippen LogP contribution >= 0.6 is 12.2 Å². The highest BCUT2D eigenvalue weighted by Crippen LogP contribution is 2.18. The topological polar surface area (TPSA) is 63.8 Å². The molecule has 3 N–H and O–H groups in total. The third-order valence-electron chi connectivity index (χ3n) is 3.05. The molecule has 0 saturated carbocycles. The fraction of sp³-hybridized carbons (Fsp3) is 0.267. The van der Waals surface area contributed by atoms with Gasteiger partial charge in [-0.1, -0.05) is 12.2 Å². The molecule has 0 aromatic carbocycles. The Morgan fingerprint density at radius 2 is 2.00 bits per heavy atom. The molecule has 20 heavy (non-hydrogen) atoms. The van der Waals surface area contributed by atoms with Crippen molar-refractivity contribution < 1.29 is 0 Å². The van der Waals surface area contributed by atoms with Crippen LogP contribution in [0.2, 0.25) is 0 Å². The van der Waals surface area contributed by atoms with Gasteiger partial charge in [-0.25, -0.2) is 4.98 Å². The van der Waals surface area contributed by atoms with Gasteiger partial charge in [0.1, 0.15) is 10.8 Å². The summed E-state index contributed by atoms with van der Waals surface area (Å²) in [4.78, 5) is 8.88. The van der Waals surface area contributed by atoms with Crippen LogP contribution in [0.3, 0.4) is 0 Å². The highest BCUT2D eigenvalue weighted by Gasteiger charge is 2.10. The number of hydrogen-bond acceptors (Lipinski definition) is 4. The van der Waals surface area contributed by atoms with Crippen LogP contribution < -0.4 is 11.1 Å². The predicted octanol–water partition coefficient (Wildman–Crippen LogP) is 2.38. The smallest absolute Gasteiger partial charge is 0.136 e. The van der Waals surface area contributed by atoms with Gasteiger partial charge >= 0.3 is 0 Å². The van der Waals surface area contributed by atoms with E-state index in [1.54, 1.807) is 12.4 Å². The molecule has 0 spiro atoms. The zero-order chi connectivity index (χ0) is 14.5. The maximum Gasteiger partial charge on any atom is 0.136 e. The van der Waals surface area contributed by atoms with Crippen LogP contribution in [0.15, 0.2) is 30.6 Å². The van der Waals surface area contributed by atoms with Gasteiger partial charge in [-0.3, -0.25) is 4.98 Å². The van der Waals surface area contributed by atoms with E-state index in [0.29, 0.717) is 4.99 Å². The van der Waals surface area contributed by atoms with Crippen molar-refractivity contribution in [1.29, 1.82) is 0 Å². The van der Waals surface area contributed by atoms with Crippen molar-refractivity contribution >= 4 is 23.0 Å². The largest absolute Gasteiger partial charge is 0.389 e. The molecule has 5 heteroatoms. The summed E-state index contributed by atoms with van der Waals surface area (Å²) < 4.78 is 0. The second kappa shape index (κ2) is 6.43. The minimum atomic E-state index is 0.376. The van der Waals surface area contributed by atoms with Gasteiger partial charge < -0.3 is 11.1 Å². The minimum Gasteiger partial charge on any atom is -0.389 e. The molecule has 0 saturated heterocycles. The first-order chi connectivity index (χ1) is 9.58. The van der Waals surface area contributed by atoms with E-state index in [1.807, 2.05) is 32.0 Å². The lowest BCUT2D eigenvalue weighted by Gasteiger charge is -2.13. The summed E-state index contributed by atoms with van der Waals surface area (Å²) in [6, 6.07) is 6.00. The number of rotatable bonds is 5. The zero-order valence-electron chi connectivity index (χ0n) is 11.7. The average molecular weight is 286 g/mol. The second-order valence-electron chi connectivity index (χ2n) is 4.70. The van der Waals surface area contributed by atoms with Crippen LogP contribution in [-0.4, -0.2) is 21.5 Å². The fourth-order valence-electron chi connectivity index (χ4n) is 2.15. The summed E-state index contributed by atoms with van der Waals surface area (Å²) in [5.74, 6) is 0.768. The van der Waals surface area contributed by atoms with Gasteiger partial charge in [-0.05, 0) is 49.6 Å². The molecule has 0 bridgehead atoms. The van der Waals surface area contributed by atoms with Gasteiger partial charge in [0.05, 0.1) is 5.56 Å². The van der Waals surface area contributed by atoms with Gasteiger partial charge in [-0.15, -0.1) is 0 Å². The molecule has 0 aliphatic rings. The van der Waals surface area contributed by atoms with Gasteiger partial charge in [0.15, 0.2) is 0 Å². The summed E-state index contributed by atoms with van der Waals surface area (Å²) in [6.07, 6.45) is 4.49. The van der Waals surface area contributed by atoms with E-state index in [0.717, 1.165) is 35.6 Å². The molecule has 0 amide bonds. The number of hydrogen-bond donors (Lipinski definition) is 2. The van der Waals surface area contributed by atoms with Crippen LogP contribution in [-0.2, 0) is 6.42 Å². The normalized spacial score (nSPS) is 10.3. The van der Waals surface area contributed by atoms with Crippen molar-refractivity contribution in [3.63, 3.8) is 0 Å². The number of nitrogens with two attached hydrogens (primary N) is 1. The highest BCUT2D eigenvalue weighted by molar-refractivity contribution is 7.80. The van der Waals surface area contributed by atoms with Crippen molar-refractivity contribution in [3.8, 4) is 0 Å². The summed E-state index contributed by atoms with van der Waals surface area (Å²) in [6.45, 7) is 4.73. The Balaban J connectivity index is 2.11. The summed E-state index contributed by atoms with van der Waals surface area (Å²) in [5.41, 5.74) is 9.86. The number of nitrogens with zero attached hydrogens (tertiary/aromatic N) is 2. The average Bonchev–Trinajstić information content (AvgIpc) is 2.38. The van der Waals surface area contributed by atoms with Crippen LogP contribution in [0.1, 0.15) is 22.4 Å². The van der Waals surface area contributed by atoms with Gasteiger partial charge in [-0.2, -0.15) is 0 Å². The first kappa shape index (κ1) is 14.4. The van der Waals surface area contributed by atoms with Crippen molar-refractivity contribution in [2.24, 2.45) is 5.73 Å². The Hall–Kier alpha value is -2.01. The lowest BCUT2D eigenvalue weighted by molar-refractivity contribution is 0.992. The van der Waals surface area contributed by atoms with Crippen molar-refractivity contribution in [1.82, 2.24) is 9.97 Å². The number of aromatic nitrogens is 2. The molecule has 104 valence electrons. The van der Waals surface area contributed by atoms with Gasteiger partial charge in [0.2, 0.25) is 0 Å². The Kier molecular flexibility index (Phi) is 4.63. The van der Waals surface area contributed by atoms with Crippen molar-refractivity contribution in [3.05, 3.63) is 53.0 Å². The maximum absolute atomic E-state index is 5.79. The van der Waals surface area contributed by atoms with Crippen molar-refractivity contribution in [2.45, 2.75) is 20.3 Å². The van der Waals surface area contributed by atoms with Crippen molar-refractivity contribution in [2.75, 3.05) is 11.9 Å². The summed E-state index contributed by atoms with van der Waals surface area (Å²) in [5, 5.41) is 3.33. The molecule has 0 unspecified atom stereocenters. The molecule has 0 fully saturated rings. The molecule has 0 atom stereocenters. The first-order valence-corrected chi connectivity index (χ1v) is 6.89. The molecular formula is C15H18N4S. The van der Waals surface area contributed by atoms with E-state index in [4.69, 9.17) is 18.0 Å². The fourth-order valence-corrected chi connectivity index (χ4v) is 2.41. The summed E-state index contributed by atoms with van der Waals surface area (Å²) in [7, 11) is 0. The van der Waals surface area contributed by atoms with Crippen LogP contribution in [0.5, 0.6) is 0 Å². The number of aryl methyl sites for hydroxylation is 2. The Labute approximate surface area is 124 Å². The number of thiocarbonyl (C=S) groups is 1. The number of nitrogens with one attached hydrogen (secondary N) is 1. The third kappa shape index (κ3) is 3.51. The van der Waals surface area contributed by atoms with E-state index in [1.165, 1.54) is 5.56 Å². The second-order valence-corrected chi connectivity index (χ2v) is 5.14. The van der Waals surface area contributed by atoms with E-state index in [2.05, 4.69) is 15.3 Å². The molecule has 4 nitrogen and oxygen atoms in total. The SMILES string of the molecule is Cc1cc(C)c(C(N)=S)c(NCCc2ccncc2)n1. The van der Waals surface area contributed by atoms with E-state index < -0.39 is 0 Å². The minimum absolute atomic E-state index is 0.376. The molecule has 2 aromatic heterocycles. The molecule has 0 aliphatic carbocycles. The summed E-state index contributed by atoms with van der Waals surface area (Å²) >= 11 is 5.11. The van der Waals surface area contributed by atoms with E-state index >= 15 is 0 Å². The van der Waals surface area contributed by atoms with E-state index in [-0.39, 0.29) is 0 Å². The lowest BCUT2D eigenvalue weighted by Crippen LogP contribution is -2.18. The predicted molar refractivity (Wildman–Crippen MR) is 86.0 cm³/mol. The van der Waals surface area contributed by atoms with Crippen LogP contribution in [0, 0.1) is 13.8 Å². The first-order valence-electron chi connectivity index (χ1n) is 6.48. The molecule has 0 radical (unpaired) electrons.